The van der Waals surface area contributed by atoms with Crippen molar-refractivity contribution in [2.45, 2.75) is 44.1 Å². The Morgan fingerprint density at radius 1 is 1.23 bits per heavy atom. The largest absolute Gasteiger partial charge is 0.496 e. The number of carbonyl (C=O) groups is 2. The molecule has 0 saturated carbocycles. The lowest BCUT2D eigenvalue weighted by Crippen LogP contribution is -2.47. The van der Waals surface area contributed by atoms with Crippen molar-refractivity contribution in [3.05, 3.63) is 47.3 Å². The maximum atomic E-state index is 14.1. The number of ether oxygens (including phenoxy) is 2. The quantitative estimate of drug-likeness (QED) is 0.577. The van der Waals surface area contributed by atoms with Gasteiger partial charge in [-0.25, -0.2) is 23.1 Å². The molecule has 3 rings (SSSR count). The molecule has 1 aromatic heterocycles. The van der Waals surface area contributed by atoms with E-state index < -0.39 is 65.1 Å². The number of methoxy groups -OCH3 is 1. The van der Waals surface area contributed by atoms with Gasteiger partial charge in [-0.15, -0.1) is 0 Å². The first kappa shape index (κ1) is 26.2. The Hall–Kier alpha value is -3.42. The number of benzene rings is 1. The standard InChI is InChI=1S/C21H20F6N4O4/c1-8-12(10-4-5-11(22)13(16(23)24)14(10)34-3)15(35-20(8,2)21(25,26)27)19(33)31-9-6-29-18(17(28)32)30-7-9/h4-8,12,15-16H,1-3H3,(H2,28,32)(H,31,33)/t8-,12-,15+,20+/m0/s1. The van der Waals surface area contributed by atoms with Gasteiger partial charge in [-0.3, -0.25) is 9.59 Å². The molecule has 0 spiro atoms. The average molecular weight is 506 g/mol. The van der Waals surface area contributed by atoms with Crippen molar-refractivity contribution in [1.82, 2.24) is 9.97 Å². The fourth-order valence-electron chi connectivity index (χ4n) is 4.04. The Bertz CT molecular complexity index is 1130. The minimum absolute atomic E-state index is 0.102. The van der Waals surface area contributed by atoms with Gasteiger partial charge in [0.15, 0.2) is 5.60 Å². The van der Waals surface area contributed by atoms with Crippen LogP contribution in [0.5, 0.6) is 5.75 Å². The van der Waals surface area contributed by atoms with E-state index in [0.29, 0.717) is 6.07 Å². The number of nitrogens with zero attached hydrogens (tertiary/aromatic N) is 2. The lowest BCUT2D eigenvalue weighted by molar-refractivity contribution is -0.272. The molecule has 14 heteroatoms. The van der Waals surface area contributed by atoms with Crippen molar-refractivity contribution in [3.8, 4) is 5.75 Å². The number of nitrogens with two attached hydrogens (primary N) is 1. The number of alkyl halides is 5. The number of amides is 2. The molecule has 2 amide bonds. The van der Waals surface area contributed by atoms with Gasteiger partial charge >= 0.3 is 6.18 Å². The van der Waals surface area contributed by atoms with E-state index in [0.717, 1.165) is 39.4 Å². The van der Waals surface area contributed by atoms with Gasteiger partial charge in [0, 0.05) is 17.4 Å². The number of hydrogen-bond donors (Lipinski definition) is 2. The molecule has 2 aromatic rings. The fourth-order valence-corrected chi connectivity index (χ4v) is 4.04. The molecule has 0 aliphatic carbocycles. The maximum absolute atomic E-state index is 14.1. The molecule has 0 radical (unpaired) electrons. The number of rotatable bonds is 6. The highest BCUT2D eigenvalue weighted by atomic mass is 19.4. The van der Waals surface area contributed by atoms with Gasteiger partial charge in [0.2, 0.25) is 5.82 Å². The lowest BCUT2D eigenvalue weighted by Gasteiger charge is -2.32. The van der Waals surface area contributed by atoms with Crippen molar-refractivity contribution in [1.29, 1.82) is 0 Å². The van der Waals surface area contributed by atoms with Gasteiger partial charge < -0.3 is 20.5 Å². The monoisotopic (exact) mass is 506 g/mol. The van der Waals surface area contributed by atoms with Crippen LogP contribution in [0.1, 0.15) is 47.9 Å². The topological polar surface area (TPSA) is 116 Å². The number of halogens is 6. The van der Waals surface area contributed by atoms with E-state index in [1.54, 1.807) is 0 Å². The van der Waals surface area contributed by atoms with Crippen LogP contribution in [-0.4, -0.2) is 46.8 Å². The molecule has 4 atom stereocenters. The van der Waals surface area contributed by atoms with Crippen LogP contribution in [0.15, 0.2) is 24.5 Å². The van der Waals surface area contributed by atoms with E-state index in [-0.39, 0.29) is 17.1 Å². The van der Waals surface area contributed by atoms with Crippen LogP contribution < -0.4 is 15.8 Å². The van der Waals surface area contributed by atoms with Gasteiger partial charge in [0.05, 0.1) is 30.8 Å². The molecule has 0 bridgehead atoms. The third-order valence-corrected chi connectivity index (χ3v) is 6.02. The third-order valence-electron chi connectivity index (χ3n) is 6.02. The Morgan fingerprint density at radius 2 is 1.83 bits per heavy atom. The van der Waals surface area contributed by atoms with Crippen LogP contribution in [0, 0.1) is 11.7 Å². The fraction of sp³-hybridized carbons (Fsp3) is 0.429. The molecular weight excluding hydrogens is 486 g/mol. The number of anilines is 1. The zero-order valence-electron chi connectivity index (χ0n) is 18.5. The molecule has 1 aliphatic heterocycles. The molecule has 190 valence electrons. The summed E-state index contributed by atoms with van der Waals surface area (Å²) in [7, 11) is 0.959. The smallest absolute Gasteiger partial charge is 0.417 e. The summed E-state index contributed by atoms with van der Waals surface area (Å²) in [4.78, 5) is 31.4. The zero-order chi connectivity index (χ0) is 26.3. The molecule has 1 aliphatic rings. The second-order valence-electron chi connectivity index (χ2n) is 7.99. The first-order chi connectivity index (χ1) is 16.2. The van der Waals surface area contributed by atoms with Crippen molar-refractivity contribution in [2.75, 3.05) is 12.4 Å². The summed E-state index contributed by atoms with van der Waals surface area (Å²) in [5.74, 6) is -7.37. The van der Waals surface area contributed by atoms with E-state index in [1.807, 2.05) is 0 Å². The normalized spacial score (nSPS) is 24.5. The maximum Gasteiger partial charge on any atom is 0.417 e. The highest BCUT2D eigenvalue weighted by Crippen LogP contribution is 2.55. The Balaban J connectivity index is 2.09. The van der Waals surface area contributed by atoms with Crippen LogP contribution in [0.4, 0.5) is 32.0 Å². The van der Waals surface area contributed by atoms with Crippen molar-refractivity contribution >= 4 is 17.5 Å². The summed E-state index contributed by atoms with van der Waals surface area (Å²) < 4.78 is 93.4. The first-order valence-electron chi connectivity index (χ1n) is 10.0. The second-order valence-corrected chi connectivity index (χ2v) is 7.99. The SMILES string of the molecule is COc1c([C@H]2[C@H](C(=O)Nc3cnc(C(N)=O)nc3)O[C@@](C)(C(F)(F)F)[C@H]2C)ccc(F)c1C(F)F. The van der Waals surface area contributed by atoms with E-state index in [2.05, 4.69) is 15.3 Å². The highest BCUT2D eigenvalue weighted by molar-refractivity contribution is 5.95. The molecule has 3 N–H and O–H groups in total. The predicted octanol–water partition coefficient (Wildman–Crippen LogP) is 3.74. The minimum atomic E-state index is -4.95. The Kier molecular flexibility index (Phi) is 6.97. The molecule has 1 fully saturated rings. The summed E-state index contributed by atoms with van der Waals surface area (Å²) >= 11 is 0. The first-order valence-corrected chi connectivity index (χ1v) is 10.0. The average Bonchev–Trinajstić information content (AvgIpc) is 3.05. The molecule has 0 unspecified atom stereocenters. The van der Waals surface area contributed by atoms with Gasteiger partial charge in [-0.2, -0.15) is 13.2 Å². The number of nitrogens with one attached hydrogen (secondary N) is 1. The van der Waals surface area contributed by atoms with E-state index in [4.69, 9.17) is 15.2 Å². The van der Waals surface area contributed by atoms with E-state index in [1.165, 1.54) is 0 Å². The van der Waals surface area contributed by atoms with Gasteiger partial charge in [0.25, 0.3) is 18.2 Å². The predicted molar refractivity (Wildman–Crippen MR) is 108 cm³/mol. The van der Waals surface area contributed by atoms with Crippen LogP contribution in [0.2, 0.25) is 0 Å². The summed E-state index contributed by atoms with van der Waals surface area (Å²) in [6.07, 6.45) is -8.17. The zero-order valence-corrected chi connectivity index (χ0v) is 18.5. The van der Waals surface area contributed by atoms with Crippen LogP contribution in [-0.2, 0) is 9.53 Å². The van der Waals surface area contributed by atoms with Gasteiger partial charge in [-0.1, -0.05) is 13.0 Å². The number of aromatic nitrogens is 2. The Labute approximate surface area is 194 Å². The minimum Gasteiger partial charge on any atom is -0.496 e. The second kappa shape index (κ2) is 9.32. The van der Waals surface area contributed by atoms with Crippen molar-refractivity contribution < 1.29 is 45.4 Å². The summed E-state index contributed by atoms with van der Waals surface area (Å²) in [5, 5.41) is 2.27. The molecule has 1 aromatic carbocycles. The van der Waals surface area contributed by atoms with Crippen molar-refractivity contribution in [2.24, 2.45) is 11.7 Å². The molecule has 1 saturated heterocycles. The number of carbonyl (C=O) groups excluding carboxylic acids is 2. The van der Waals surface area contributed by atoms with Crippen LogP contribution >= 0.6 is 0 Å². The summed E-state index contributed by atoms with van der Waals surface area (Å²) in [5.41, 5.74) is 0.663. The summed E-state index contributed by atoms with van der Waals surface area (Å²) in [6.45, 7) is 1.87. The van der Waals surface area contributed by atoms with Crippen molar-refractivity contribution in [3.63, 3.8) is 0 Å². The van der Waals surface area contributed by atoms with Crippen LogP contribution in [0.3, 0.4) is 0 Å². The molecule has 2 heterocycles. The number of hydrogen-bond acceptors (Lipinski definition) is 6. The molecule has 35 heavy (non-hydrogen) atoms. The number of primary amides is 1. The van der Waals surface area contributed by atoms with Crippen LogP contribution in [0.25, 0.3) is 0 Å². The summed E-state index contributed by atoms with van der Waals surface area (Å²) in [6, 6.07) is 1.65. The molecular formula is C21H20F6N4O4. The molecule has 8 nitrogen and oxygen atoms in total. The lowest BCUT2D eigenvalue weighted by atomic mass is 9.76. The Morgan fingerprint density at radius 3 is 2.31 bits per heavy atom. The van der Waals surface area contributed by atoms with Gasteiger partial charge in [0.1, 0.15) is 17.7 Å². The van der Waals surface area contributed by atoms with E-state index >= 15 is 0 Å². The van der Waals surface area contributed by atoms with Gasteiger partial charge in [-0.05, 0) is 13.0 Å². The third kappa shape index (κ3) is 4.61. The van der Waals surface area contributed by atoms with E-state index in [9.17, 15) is 35.9 Å². The highest BCUT2D eigenvalue weighted by Gasteiger charge is 2.66.